The van der Waals surface area contributed by atoms with E-state index in [1.165, 1.54) is 17.9 Å². The third-order valence-electron chi connectivity index (χ3n) is 5.06. The number of methoxy groups -OCH3 is 1. The molecule has 0 saturated heterocycles. The summed E-state index contributed by atoms with van der Waals surface area (Å²) in [4.78, 5) is 46.4. The van der Waals surface area contributed by atoms with Crippen LogP contribution in [0, 0.1) is 5.92 Å². The monoisotopic (exact) mass is 408 g/mol. The highest BCUT2D eigenvalue weighted by atomic mass is 16.5. The van der Waals surface area contributed by atoms with Crippen LogP contribution in [0.3, 0.4) is 0 Å². The molecule has 0 fully saturated rings. The van der Waals surface area contributed by atoms with Crippen LogP contribution in [0.15, 0.2) is 58.5 Å². The number of aliphatic imine (C=N–C) groups is 1. The molecule has 3 rings (SSSR count). The van der Waals surface area contributed by atoms with Crippen LogP contribution >= 0.6 is 0 Å². The lowest BCUT2D eigenvalue weighted by Gasteiger charge is -2.26. The van der Waals surface area contributed by atoms with Crippen LogP contribution in [-0.2, 0) is 20.9 Å². The van der Waals surface area contributed by atoms with E-state index in [1.54, 1.807) is 30.5 Å². The van der Waals surface area contributed by atoms with Crippen LogP contribution in [0.1, 0.15) is 19.8 Å². The van der Waals surface area contributed by atoms with Crippen LogP contribution in [-0.4, -0.2) is 40.2 Å². The SMILES string of the molecule is COC(=O)CC(C)CC1(C(=O)Cn2c(-c3ccccc3)ncc(N)c2=O)C=CC=N1. The Morgan fingerprint density at radius 1 is 1.27 bits per heavy atom. The third kappa shape index (κ3) is 4.37. The van der Waals surface area contributed by atoms with Gasteiger partial charge in [0.1, 0.15) is 17.1 Å². The molecule has 1 aromatic carbocycles. The second-order valence-electron chi connectivity index (χ2n) is 7.37. The quantitative estimate of drug-likeness (QED) is 0.668. The summed E-state index contributed by atoms with van der Waals surface area (Å²) >= 11 is 0. The first kappa shape index (κ1) is 21.2. The number of hydrogen-bond acceptors (Lipinski definition) is 7. The Bertz CT molecular complexity index is 1040. The van der Waals surface area contributed by atoms with Crippen molar-refractivity contribution in [3.8, 4) is 11.4 Å². The van der Waals surface area contributed by atoms with Crippen LogP contribution in [0.25, 0.3) is 11.4 Å². The minimum Gasteiger partial charge on any atom is -0.469 e. The van der Waals surface area contributed by atoms with E-state index >= 15 is 0 Å². The molecule has 0 aliphatic carbocycles. The molecule has 8 nitrogen and oxygen atoms in total. The molecule has 0 bridgehead atoms. The maximum Gasteiger partial charge on any atom is 0.305 e. The summed E-state index contributed by atoms with van der Waals surface area (Å²) < 4.78 is 6.00. The second kappa shape index (κ2) is 8.86. The largest absolute Gasteiger partial charge is 0.469 e. The van der Waals surface area contributed by atoms with Crippen molar-refractivity contribution in [3.63, 3.8) is 0 Å². The predicted octanol–water partition coefficient (Wildman–Crippen LogP) is 2.03. The molecule has 0 radical (unpaired) electrons. The summed E-state index contributed by atoms with van der Waals surface area (Å²) in [6, 6.07) is 9.11. The molecule has 8 heteroatoms. The number of Topliss-reactive ketones (excluding diaryl/α,β-unsaturated/α-hetero) is 1. The Hall–Kier alpha value is -3.55. The molecule has 2 N–H and O–H groups in total. The average molecular weight is 408 g/mol. The number of benzene rings is 1. The molecule has 1 aromatic heterocycles. The Labute approximate surface area is 174 Å². The zero-order chi connectivity index (χ0) is 21.7. The summed E-state index contributed by atoms with van der Waals surface area (Å²) in [7, 11) is 1.33. The van der Waals surface area contributed by atoms with Crippen LogP contribution in [0.2, 0.25) is 0 Å². The second-order valence-corrected chi connectivity index (χ2v) is 7.37. The lowest BCUT2D eigenvalue weighted by atomic mass is 9.84. The molecular weight excluding hydrogens is 384 g/mol. The number of esters is 1. The van der Waals surface area contributed by atoms with Crippen molar-refractivity contribution in [3.05, 3.63) is 59.0 Å². The molecule has 1 aliphatic rings. The van der Waals surface area contributed by atoms with E-state index < -0.39 is 11.1 Å². The van der Waals surface area contributed by atoms with Gasteiger partial charge in [0, 0.05) is 18.2 Å². The van der Waals surface area contributed by atoms with Gasteiger partial charge < -0.3 is 10.5 Å². The summed E-state index contributed by atoms with van der Waals surface area (Å²) in [5, 5.41) is 0. The van der Waals surface area contributed by atoms with E-state index in [0.29, 0.717) is 17.8 Å². The number of allylic oxidation sites excluding steroid dienone is 1. The van der Waals surface area contributed by atoms with Crippen molar-refractivity contribution in [2.75, 3.05) is 12.8 Å². The highest BCUT2D eigenvalue weighted by Gasteiger charge is 2.38. The van der Waals surface area contributed by atoms with Crippen molar-refractivity contribution in [1.82, 2.24) is 9.55 Å². The Balaban J connectivity index is 1.93. The van der Waals surface area contributed by atoms with Crippen molar-refractivity contribution in [2.24, 2.45) is 10.9 Å². The number of nitrogen functional groups attached to an aromatic ring is 1. The lowest BCUT2D eigenvalue weighted by molar-refractivity contribution is -0.142. The maximum absolute atomic E-state index is 13.4. The Kier molecular flexibility index (Phi) is 6.25. The standard InChI is InChI=1S/C22H24N4O4/c1-15(11-19(28)30-2)12-22(9-6-10-25-22)18(27)14-26-20(16-7-4-3-5-8-16)24-13-17(23)21(26)29/h3-10,13,15H,11-12,14,23H2,1-2H3. The fourth-order valence-electron chi connectivity index (χ4n) is 3.54. The lowest BCUT2D eigenvalue weighted by Crippen LogP contribution is -2.41. The number of ether oxygens (including phenoxy) is 1. The van der Waals surface area contributed by atoms with Crippen molar-refractivity contribution >= 4 is 23.7 Å². The Morgan fingerprint density at radius 3 is 2.63 bits per heavy atom. The van der Waals surface area contributed by atoms with E-state index in [9.17, 15) is 14.4 Å². The number of rotatable bonds is 8. The summed E-state index contributed by atoms with van der Waals surface area (Å²) in [5.74, 6) is -0.424. The topological polar surface area (TPSA) is 117 Å². The molecule has 2 heterocycles. The Morgan fingerprint density at radius 2 is 2.00 bits per heavy atom. The molecular formula is C22H24N4O4. The number of carbonyl (C=O) groups excluding carboxylic acids is 2. The molecule has 0 spiro atoms. The van der Waals surface area contributed by atoms with Gasteiger partial charge in [0.15, 0.2) is 5.78 Å². The van der Waals surface area contributed by atoms with Gasteiger partial charge in [-0.3, -0.25) is 23.9 Å². The molecule has 2 atom stereocenters. The summed E-state index contributed by atoms with van der Waals surface area (Å²) in [5.41, 5.74) is 4.80. The normalized spacial score (nSPS) is 18.3. The van der Waals surface area contributed by atoms with Gasteiger partial charge in [-0.05, 0) is 24.5 Å². The van der Waals surface area contributed by atoms with E-state index in [2.05, 4.69) is 9.98 Å². The number of aromatic nitrogens is 2. The first-order valence-electron chi connectivity index (χ1n) is 9.60. The van der Waals surface area contributed by atoms with Crippen LogP contribution in [0.5, 0.6) is 0 Å². The van der Waals surface area contributed by atoms with E-state index in [1.807, 2.05) is 25.1 Å². The van der Waals surface area contributed by atoms with Crippen molar-refractivity contribution in [1.29, 1.82) is 0 Å². The number of hydrogen-bond donors (Lipinski definition) is 1. The highest BCUT2D eigenvalue weighted by Crippen LogP contribution is 2.30. The van der Waals surface area contributed by atoms with E-state index in [4.69, 9.17) is 10.5 Å². The fraction of sp³-hybridized carbons (Fsp3) is 0.318. The highest BCUT2D eigenvalue weighted by molar-refractivity contribution is 5.96. The van der Waals surface area contributed by atoms with E-state index in [0.717, 1.165) is 0 Å². The minimum atomic E-state index is -1.15. The maximum atomic E-state index is 13.4. The minimum absolute atomic E-state index is 0.0407. The molecule has 0 amide bonds. The number of ketones is 1. The zero-order valence-corrected chi connectivity index (χ0v) is 16.9. The molecule has 2 unspecified atom stereocenters. The molecule has 1 aliphatic heterocycles. The van der Waals surface area contributed by atoms with Gasteiger partial charge >= 0.3 is 5.97 Å². The van der Waals surface area contributed by atoms with Gasteiger partial charge in [-0.25, -0.2) is 4.98 Å². The van der Waals surface area contributed by atoms with Crippen molar-refractivity contribution in [2.45, 2.75) is 31.8 Å². The summed E-state index contributed by atoms with van der Waals surface area (Å²) in [6.45, 7) is 1.62. The predicted molar refractivity (Wildman–Crippen MR) is 114 cm³/mol. The van der Waals surface area contributed by atoms with Crippen LogP contribution < -0.4 is 11.3 Å². The third-order valence-corrected chi connectivity index (χ3v) is 5.06. The summed E-state index contributed by atoms with van der Waals surface area (Å²) in [6.07, 6.45) is 6.75. The van der Waals surface area contributed by atoms with Crippen LogP contribution in [0.4, 0.5) is 5.69 Å². The van der Waals surface area contributed by atoms with Crippen molar-refractivity contribution < 1.29 is 14.3 Å². The van der Waals surface area contributed by atoms with Gasteiger partial charge in [-0.15, -0.1) is 0 Å². The molecule has 30 heavy (non-hydrogen) atoms. The smallest absolute Gasteiger partial charge is 0.305 e. The first-order chi connectivity index (χ1) is 14.4. The first-order valence-corrected chi connectivity index (χ1v) is 9.60. The average Bonchev–Trinajstić information content (AvgIpc) is 3.21. The number of carbonyl (C=O) groups is 2. The molecule has 156 valence electrons. The van der Waals surface area contributed by atoms with Gasteiger partial charge in [0.05, 0.1) is 19.9 Å². The molecule has 0 saturated carbocycles. The number of nitrogens with two attached hydrogens (primary N) is 1. The van der Waals surface area contributed by atoms with Gasteiger partial charge in [0.2, 0.25) is 0 Å². The molecule has 2 aromatic rings. The zero-order valence-electron chi connectivity index (χ0n) is 16.9. The number of anilines is 1. The van der Waals surface area contributed by atoms with Gasteiger partial charge in [-0.1, -0.05) is 37.3 Å². The van der Waals surface area contributed by atoms with E-state index in [-0.39, 0.29) is 36.3 Å². The number of nitrogens with zero attached hydrogens (tertiary/aromatic N) is 3. The fourth-order valence-corrected chi connectivity index (χ4v) is 3.54. The van der Waals surface area contributed by atoms with Gasteiger partial charge in [-0.2, -0.15) is 0 Å². The van der Waals surface area contributed by atoms with Gasteiger partial charge in [0.25, 0.3) is 5.56 Å².